The van der Waals surface area contributed by atoms with Crippen LogP contribution in [0.5, 0.6) is 0 Å². The lowest BCUT2D eigenvalue weighted by atomic mass is 10.4. The van der Waals surface area contributed by atoms with E-state index in [1.807, 2.05) is 6.92 Å². The van der Waals surface area contributed by atoms with Crippen LogP contribution in [-0.2, 0) is 14.8 Å². The van der Waals surface area contributed by atoms with Gasteiger partial charge in [0.1, 0.15) is 0 Å². The predicted molar refractivity (Wildman–Crippen MR) is 59.6 cm³/mol. The number of sulfonamides is 1. The first-order valence-corrected chi connectivity index (χ1v) is 7.17. The summed E-state index contributed by atoms with van der Waals surface area (Å²) in [6.45, 7) is 3.82. The fourth-order valence-electron chi connectivity index (χ4n) is 1.48. The van der Waals surface area contributed by atoms with Crippen molar-refractivity contribution in [3.05, 3.63) is 0 Å². The summed E-state index contributed by atoms with van der Waals surface area (Å²) in [5.41, 5.74) is 0. The van der Waals surface area contributed by atoms with Gasteiger partial charge in [0.25, 0.3) is 0 Å². The van der Waals surface area contributed by atoms with Crippen LogP contribution in [0, 0.1) is 0 Å². The van der Waals surface area contributed by atoms with E-state index in [0.717, 1.165) is 6.42 Å². The molecule has 0 N–H and O–H groups in total. The molecule has 16 heavy (non-hydrogen) atoms. The first kappa shape index (κ1) is 13.2. The molecule has 0 aromatic heterocycles. The fourth-order valence-corrected chi connectivity index (χ4v) is 2.31. The Hall–Kier alpha value is -0.820. The zero-order chi connectivity index (χ0) is 12.2. The van der Waals surface area contributed by atoms with Crippen LogP contribution in [0.15, 0.2) is 0 Å². The summed E-state index contributed by atoms with van der Waals surface area (Å²) >= 11 is 0. The molecule has 1 rings (SSSR count). The number of amides is 1. The molecular weight excluding hydrogens is 232 g/mol. The summed E-state index contributed by atoms with van der Waals surface area (Å²) in [5.74, 6) is 0. The van der Waals surface area contributed by atoms with Crippen LogP contribution in [0.1, 0.15) is 13.3 Å². The minimum Gasteiger partial charge on any atom is -0.449 e. The monoisotopic (exact) mass is 250 g/mol. The standard InChI is InChI=1S/C9H18N2O4S/c1-3-8-15-9(12)10-4-6-11(7-5-10)16(2,13)14/h3-8H2,1-2H3. The second-order valence-corrected chi connectivity index (χ2v) is 5.75. The van der Waals surface area contributed by atoms with Gasteiger partial charge in [0.2, 0.25) is 10.0 Å². The van der Waals surface area contributed by atoms with E-state index in [4.69, 9.17) is 4.74 Å². The van der Waals surface area contributed by atoms with Crippen molar-refractivity contribution in [2.24, 2.45) is 0 Å². The van der Waals surface area contributed by atoms with Gasteiger partial charge in [-0.05, 0) is 6.42 Å². The summed E-state index contributed by atoms with van der Waals surface area (Å²) in [7, 11) is -3.14. The minimum absolute atomic E-state index is 0.347. The maximum absolute atomic E-state index is 11.4. The SMILES string of the molecule is CCCOC(=O)N1CCN(S(C)(=O)=O)CC1. The van der Waals surface area contributed by atoms with Gasteiger partial charge in [-0.2, -0.15) is 4.31 Å². The second kappa shape index (κ2) is 5.49. The van der Waals surface area contributed by atoms with Gasteiger partial charge in [0.15, 0.2) is 0 Å². The lowest BCUT2D eigenvalue weighted by Gasteiger charge is -2.32. The minimum atomic E-state index is -3.14. The lowest BCUT2D eigenvalue weighted by Crippen LogP contribution is -2.50. The molecule has 1 saturated heterocycles. The Morgan fingerprint density at radius 3 is 2.25 bits per heavy atom. The van der Waals surface area contributed by atoms with E-state index in [9.17, 15) is 13.2 Å². The third kappa shape index (κ3) is 3.64. The Labute approximate surface area is 96.2 Å². The average molecular weight is 250 g/mol. The number of carbonyl (C=O) groups is 1. The van der Waals surface area contributed by atoms with Crippen LogP contribution in [0.3, 0.4) is 0 Å². The summed E-state index contributed by atoms with van der Waals surface area (Å²) in [6.07, 6.45) is 1.61. The summed E-state index contributed by atoms with van der Waals surface area (Å²) < 4.78 is 28.8. The number of ether oxygens (including phenoxy) is 1. The van der Waals surface area contributed by atoms with E-state index < -0.39 is 10.0 Å². The molecule has 6 nitrogen and oxygen atoms in total. The molecule has 0 atom stereocenters. The van der Waals surface area contributed by atoms with Crippen molar-refractivity contribution < 1.29 is 17.9 Å². The van der Waals surface area contributed by atoms with E-state index in [1.54, 1.807) is 0 Å². The van der Waals surface area contributed by atoms with Crippen molar-refractivity contribution in [1.29, 1.82) is 0 Å². The molecule has 0 aromatic rings. The van der Waals surface area contributed by atoms with Crippen LogP contribution in [0.2, 0.25) is 0 Å². The highest BCUT2D eigenvalue weighted by molar-refractivity contribution is 7.88. The normalized spacial score (nSPS) is 18.5. The highest BCUT2D eigenvalue weighted by atomic mass is 32.2. The van der Waals surface area contributed by atoms with Gasteiger partial charge in [-0.1, -0.05) is 6.92 Å². The van der Waals surface area contributed by atoms with Crippen LogP contribution in [0.25, 0.3) is 0 Å². The smallest absolute Gasteiger partial charge is 0.409 e. The highest BCUT2D eigenvalue weighted by Crippen LogP contribution is 2.07. The molecule has 0 bridgehead atoms. The highest BCUT2D eigenvalue weighted by Gasteiger charge is 2.26. The molecule has 0 unspecified atom stereocenters. The number of piperazine rings is 1. The maximum atomic E-state index is 11.4. The Morgan fingerprint density at radius 2 is 1.81 bits per heavy atom. The molecular formula is C9H18N2O4S. The van der Waals surface area contributed by atoms with Gasteiger partial charge in [-0.3, -0.25) is 0 Å². The van der Waals surface area contributed by atoms with E-state index in [-0.39, 0.29) is 6.09 Å². The summed E-state index contributed by atoms with van der Waals surface area (Å²) in [5, 5.41) is 0. The Morgan fingerprint density at radius 1 is 1.25 bits per heavy atom. The van der Waals surface area contributed by atoms with Crippen LogP contribution >= 0.6 is 0 Å². The van der Waals surface area contributed by atoms with E-state index in [2.05, 4.69) is 0 Å². The zero-order valence-corrected chi connectivity index (χ0v) is 10.5. The lowest BCUT2D eigenvalue weighted by molar-refractivity contribution is 0.0894. The molecule has 0 saturated carbocycles. The van der Waals surface area contributed by atoms with Crippen LogP contribution in [-0.4, -0.2) is 62.8 Å². The molecule has 0 aromatic carbocycles. The molecule has 1 fully saturated rings. The molecule has 0 radical (unpaired) electrons. The number of carbonyl (C=O) groups excluding carboxylic acids is 1. The van der Waals surface area contributed by atoms with E-state index in [0.29, 0.717) is 32.8 Å². The van der Waals surface area contributed by atoms with Gasteiger partial charge in [-0.25, -0.2) is 13.2 Å². The topological polar surface area (TPSA) is 66.9 Å². The summed E-state index contributed by atoms with van der Waals surface area (Å²) in [6, 6.07) is 0. The largest absolute Gasteiger partial charge is 0.449 e. The molecule has 1 aliphatic rings. The fraction of sp³-hybridized carbons (Fsp3) is 0.889. The maximum Gasteiger partial charge on any atom is 0.409 e. The first-order chi connectivity index (χ1) is 7.45. The first-order valence-electron chi connectivity index (χ1n) is 5.32. The Balaban J connectivity index is 2.40. The van der Waals surface area contributed by atoms with Crippen molar-refractivity contribution in [3.63, 3.8) is 0 Å². The zero-order valence-electron chi connectivity index (χ0n) is 9.68. The second-order valence-electron chi connectivity index (χ2n) is 3.76. The number of hydrogen-bond donors (Lipinski definition) is 0. The molecule has 1 amide bonds. The number of rotatable bonds is 3. The van der Waals surface area contributed by atoms with Crippen molar-refractivity contribution in [1.82, 2.24) is 9.21 Å². The van der Waals surface area contributed by atoms with Gasteiger partial charge in [-0.15, -0.1) is 0 Å². The molecule has 1 aliphatic heterocycles. The third-order valence-corrected chi connectivity index (χ3v) is 3.70. The Bertz CT molecular complexity index is 333. The number of hydrogen-bond acceptors (Lipinski definition) is 4. The average Bonchev–Trinajstić information content (AvgIpc) is 2.25. The van der Waals surface area contributed by atoms with Gasteiger partial charge >= 0.3 is 6.09 Å². The third-order valence-electron chi connectivity index (χ3n) is 2.40. The van der Waals surface area contributed by atoms with E-state index in [1.165, 1.54) is 15.5 Å². The van der Waals surface area contributed by atoms with Crippen molar-refractivity contribution in [3.8, 4) is 0 Å². The quantitative estimate of drug-likeness (QED) is 0.713. The van der Waals surface area contributed by atoms with Crippen molar-refractivity contribution >= 4 is 16.1 Å². The van der Waals surface area contributed by atoms with Crippen LogP contribution < -0.4 is 0 Å². The molecule has 1 heterocycles. The predicted octanol–water partition coefficient (Wildman–Crippen LogP) is 0.110. The molecule has 0 aliphatic carbocycles. The number of nitrogens with zero attached hydrogens (tertiary/aromatic N) is 2. The molecule has 0 spiro atoms. The van der Waals surface area contributed by atoms with Crippen molar-refractivity contribution in [2.45, 2.75) is 13.3 Å². The molecule has 7 heteroatoms. The molecule has 94 valence electrons. The summed E-state index contributed by atoms with van der Waals surface area (Å²) in [4.78, 5) is 13.0. The van der Waals surface area contributed by atoms with Gasteiger partial charge in [0, 0.05) is 26.2 Å². The van der Waals surface area contributed by atoms with E-state index >= 15 is 0 Å². The van der Waals surface area contributed by atoms with Gasteiger partial charge in [0.05, 0.1) is 12.9 Å². The van der Waals surface area contributed by atoms with Gasteiger partial charge < -0.3 is 9.64 Å². The Kier molecular flexibility index (Phi) is 4.55. The van der Waals surface area contributed by atoms with Crippen molar-refractivity contribution in [2.75, 3.05) is 39.0 Å². The van der Waals surface area contributed by atoms with Crippen LogP contribution in [0.4, 0.5) is 4.79 Å².